The van der Waals surface area contributed by atoms with Crippen molar-refractivity contribution in [3.63, 3.8) is 0 Å². The zero-order valence-corrected chi connectivity index (χ0v) is 9.06. The third kappa shape index (κ3) is 3.27. The summed E-state index contributed by atoms with van der Waals surface area (Å²) in [6, 6.07) is 7.52. The Bertz CT molecular complexity index is 316. The number of hydrogen-bond acceptors (Lipinski definition) is 2. The van der Waals surface area contributed by atoms with Crippen molar-refractivity contribution < 1.29 is 14.6 Å². The first kappa shape index (κ1) is 11.6. The van der Waals surface area contributed by atoms with Gasteiger partial charge in [-0.15, -0.1) is 0 Å². The number of rotatable bonds is 5. The van der Waals surface area contributed by atoms with Crippen LogP contribution in [0.5, 0.6) is 5.75 Å². The van der Waals surface area contributed by atoms with Gasteiger partial charge in [-0.1, -0.05) is 19.1 Å². The molecule has 15 heavy (non-hydrogen) atoms. The zero-order chi connectivity index (χ0) is 11.3. The van der Waals surface area contributed by atoms with E-state index in [9.17, 15) is 4.79 Å². The molecule has 1 aromatic carbocycles. The second kappa shape index (κ2) is 5.39. The van der Waals surface area contributed by atoms with Crippen LogP contribution < -0.4 is 4.74 Å². The van der Waals surface area contributed by atoms with Crippen LogP contribution in [0.2, 0.25) is 0 Å². The summed E-state index contributed by atoms with van der Waals surface area (Å²) in [6.07, 6.45) is 1.23. The molecule has 0 aliphatic carbocycles. The number of carboxylic acids is 1. The lowest BCUT2D eigenvalue weighted by molar-refractivity contribution is -0.141. The lowest BCUT2D eigenvalue weighted by atomic mass is 9.97. The molecular weight excluding hydrogens is 192 g/mol. The normalized spacial score (nSPS) is 12.1. The molecule has 82 valence electrons. The van der Waals surface area contributed by atoms with Gasteiger partial charge in [-0.05, 0) is 30.5 Å². The summed E-state index contributed by atoms with van der Waals surface area (Å²) in [5.41, 5.74) is 1.03. The monoisotopic (exact) mass is 208 g/mol. The molecule has 0 aliphatic heterocycles. The van der Waals surface area contributed by atoms with E-state index in [4.69, 9.17) is 9.84 Å². The molecule has 3 nitrogen and oxygen atoms in total. The molecule has 3 heteroatoms. The number of aliphatic carboxylic acids is 1. The number of benzene rings is 1. The van der Waals surface area contributed by atoms with Crippen LogP contribution in [0.1, 0.15) is 18.9 Å². The molecule has 0 heterocycles. The first-order valence-electron chi connectivity index (χ1n) is 5.03. The van der Waals surface area contributed by atoms with E-state index in [0.29, 0.717) is 12.8 Å². The number of carbonyl (C=O) groups is 1. The fourth-order valence-corrected chi connectivity index (χ4v) is 1.45. The molecule has 1 atom stereocenters. The minimum Gasteiger partial charge on any atom is -0.497 e. The van der Waals surface area contributed by atoms with Crippen molar-refractivity contribution in [2.75, 3.05) is 7.11 Å². The zero-order valence-electron chi connectivity index (χ0n) is 9.06. The highest BCUT2D eigenvalue weighted by Crippen LogP contribution is 2.16. The lowest BCUT2D eigenvalue weighted by Crippen LogP contribution is -2.15. The van der Waals surface area contributed by atoms with Gasteiger partial charge in [-0.2, -0.15) is 0 Å². The Kier molecular flexibility index (Phi) is 4.16. The molecule has 1 rings (SSSR count). The third-order valence-corrected chi connectivity index (χ3v) is 2.48. The molecule has 0 aromatic heterocycles. The molecule has 0 amide bonds. The second-order valence-electron chi connectivity index (χ2n) is 3.50. The molecule has 0 saturated carbocycles. The number of hydrogen-bond donors (Lipinski definition) is 1. The molecule has 0 radical (unpaired) electrons. The minimum absolute atomic E-state index is 0.293. The average molecular weight is 208 g/mol. The number of carboxylic acid groups (broad SMARTS) is 1. The van der Waals surface area contributed by atoms with Crippen molar-refractivity contribution in [2.24, 2.45) is 5.92 Å². The fraction of sp³-hybridized carbons (Fsp3) is 0.417. The minimum atomic E-state index is -0.728. The molecular formula is C12H16O3. The summed E-state index contributed by atoms with van der Waals surface area (Å²) in [6.45, 7) is 1.89. The topological polar surface area (TPSA) is 46.5 Å². The maximum absolute atomic E-state index is 10.8. The van der Waals surface area contributed by atoms with E-state index in [1.54, 1.807) is 7.11 Å². The Morgan fingerprint density at radius 3 is 2.40 bits per heavy atom. The van der Waals surface area contributed by atoms with Crippen molar-refractivity contribution in [1.82, 2.24) is 0 Å². The maximum Gasteiger partial charge on any atom is 0.306 e. The Labute approximate surface area is 89.7 Å². The summed E-state index contributed by atoms with van der Waals surface area (Å²) in [5, 5.41) is 8.91. The van der Waals surface area contributed by atoms with Gasteiger partial charge in [0.05, 0.1) is 13.0 Å². The van der Waals surface area contributed by atoms with E-state index >= 15 is 0 Å². The summed E-state index contributed by atoms with van der Waals surface area (Å²) >= 11 is 0. The Hall–Kier alpha value is -1.51. The Balaban J connectivity index is 2.67. The first-order valence-corrected chi connectivity index (χ1v) is 5.03. The van der Waals surface area contributed by atoms with Crippen LogP contribution in [0.4, 0.5) is 0 Å². The van der Waals surface area contributed by atoms with Crippen LogP contribution in [0, 0.1) is 5.92 Å². The van der Waals surface area contributed by atoms with Crippen LogP contribution in [0.3, 0.4) is 0 Å². The van der Waals surface area contributed by atoms with Gasteiger partial charge in [0.2, 0.25) is 0 Å². The predicted molar refractivity (Wildman–Crippen MR) is 58.1 cm³/mol. The standard InChI is InChI=1S/C12H16O3/c1-3-10(12(13)14)8-9-4-6-11(15-2)7-5-9/h4-7,10H,3,8H2,1-2H3,(H,13,14)/t10-/m1/s1. The molecule has 1 aromatic rings. The summed E-state index contributed by atoms with van der Waals surface area (Å²) < 4.78 is 5.03. The van der Waals surface area contributed by atoms with Crippen LogP contribution in [-0.2, 0) is 11.2 Å². The number of methoxy groups -OCH3 is 1. The SMILES string of the molecule is CC[C@H](Cc1ccc(OC)cc1)C(=O)O. The van der Waals surface area contributed by atoms with E-state index < -0.39 is 5.97 Å². The summed E-state index contributed by atoms with van der Waals surface area (Å²) in [4.78, 5) is 10.8. The molecule has 0 saturated heterocycles. The van der Waals surface area contributed by atoms with E-state index in [2.05, 4.69) is 0 Å². The summed E-state index contributed by atoms with van der Waals surface area (Å²) in [7, 11) is 1.61. The van der Waals surface area contributed by atoms with Crippen molar-refractivity contribution in [1.29, 1.82) is 0 Å². The van der Waals surface area contributed by atoms with Crippen molar-refractivity contribution in [3.05, 3.63) is 29.8 Å². The second-order valence-corrected chi connectivity index (χ2v) is 3.50. The van der Waals surface area contributed by atoms with Gasteiger partial charge in [-0.25, -0.2) is 0 Å². The molecule has 0 spiro atoms. The largest absolute Gasteiger partial charge is 0.497 e. The predicted octanol–water partition coefficient (Wildman–Crippen LogP) is 2.35. The highest BCUT2D eigenvalue weighted by atomic mass is 16.5. The fourth-order valence-electron chi connectivity index (χ4n) is 1.45. The average Bonchev–Trinajstić information content (AvgIpc) is 2.26. The smallest absolute Gasteiger partial charge is 0.306 e. The van der Waals surface area contributed by atoms with Crippen LogP contribution in [-0.4, -0.2) is 18.2 Å². The molecule has 1 N–H and O–H groups in total. The van der Waals surface area contributed by atoms with E-state index in [1.165, 1.54) is 0 Å². The third-order valence-electron chi connectivity index (χ3n) is 2.48. The van der Waals surface area contributed by atoms with Gasteiger partial charge in [0.1, 0.15) is 5.75 Å². The van der Waals surface area contributed by atoms with Gasteiger partial charge >= 0.3 is 5.97 Å². The van der Waals surface area contributed by atoms with Crippen LogP contribution >= 0.6 is 0 Å². The van der Waals surface area contributed by atoms with Crippen LogP contribution in [0.25, 0.3) is 0 Å². The van der Waals surface area contributed by atoms with Crippen molar-refractivity contribution >= 4 is 5.97 Å². The summed E-state index contributed by atoms with van der Waals surface area (Å²) in [5.74, 6) is -0.228. The molecule has 0 unspecified atom stereocenters. The van der Waals surface area contributed by atoms with E-state index in [0.717, 1.165) is 11.3 Å². The van der Waals surface area contributed by atoms with Gasteiger partial charge in [0, 0.05) is 0 Å². The van der Waals surface area contributed by atoms with Gasteiger partial charge < -0.3 is 9.84 Å². The van der Waals surface area contributed by atoms with E-state index in [-0.39, 0.29) is 5.92 Å². The first-order chi connectivity index (χ1) is 7.17. The molecule has 0 aliphatic rings. The van der Waals surface area contributed by atoms with Crippen LogP contribution in [0.15, 0.2) is 24.3 Å². The van der Waals surface area contributed by atoms with Crippen molar-refractivity contribution in [3.8, 4) is 5.75 Å². The molecule has 0 fully saturated rings. The quantitative estimate of drug-likeness (QED) is 0.807. The Morgan fingerprint density at radius 1 is 1.40 bits per heavy atom. The van der Waals surface area contributed by atoms with Gasteiger partial charge in [0.25, 0.3) is 0 Å². The number of ether oxygens (including phenoxy) is 1. The van der Waals surface area contributed by atoms with E-state index in [1.807, 2.05) is 31.2 Å². The highest BCUT2D eigenvalue weighted by Gasteiger charge is 2.15. The lowest BCUT2D eigenvalue weighted by Gasteiger charge is -2.09. The Morgan fingerprint density at radius 2 is 2.00 bits per heavy atom. The highest BCUT2D eigenvalue weighted by molar-refractivity contribution is 5.70. The maximum atomic E-state index is 10.8. The van der Waals surface area contributed by atoms with Gasteiger partial charge in [0.15, 0.2) is 0 Å². The van der Waals surface area contributed by atoms with Gasteiger partial charge in [-0.3, -0.25) is 4.79 Å². The molecule has 0 bridgehead atoms. The van der Waals surface area contributed by atoms with Crippen molar-refractivity contribution in [2.45, 2.75) is 19.8 Å².